The van der Waals surface area contributed by atoms with Crippen LogP contribution in [0.2, 0.25) is 0 Å². The van der Waals surface area contributed by atoms with E-state index in [-0.39, 0.29) is 13.2 Å². The molecule has 0 amide bonds. The van der Waals surface area contributed by atoms with E-state index in [0.717, 1.165) is 40.0 Å². The first-order valence-corrected chi connectivity index (χ1v) is 11.3. The lowest BCUT2D eigenvalue weighted by molar-refractivity contribution is -0.142. The normalized spacial score (nSPS) is 11.0. The number of carbonyl (C=O) groups is 1. The molecular formula is C26H32N2O6. The van der Waals surface area contributed by atoms with E-state index >= 15 is 0 Å². The molecular weight excluding hydrogens is 436 g/mol. The zero-order valence-electron chi connectivity index (χ0n) is 19.7. The van der Waals surface area contributed by atoms with Crippen molar-refractivity contribution in [3.63, 3.8) is 0 Å². The molecule has 8 heteroatoms. The van der Waals surface area contributed by atoms with Crippen LogP contribution in [0.5, 0.6) is 5.75 Å². The van der Waals surface area contributed by atoms with Gasteiger partial charge in [0.15, 0.2) is 0 Å². The Labute approximate surface area is 200 Å². The Balaban J connectivity index is 1.35. The van der Waals surface area contributed by atoms with Crippen LogP contribution in [-0.4, -0.2) is 76.4 Å². The average molecular weight is 469 g/mol. The van der Waals surface area contributed by atoms with E-state index in [0.29, 0.717) is 33.0 Å². The van der Waals surface area contributed by atoms with E-state index in [1.165, 1.54) is 0 Å². The number of aromatic nitrogens is 1. The number of carboxylic acid groups (broad SMARTS) is 1. The summed E-state index contributed by atoms with van der Waals surface area (Å²) in [5.74, 6) is -0.177. The number of pyridine rings is 1. The van der Waals surface area contributed by atoms with E-state index < -0.39 is 5.97 Å². The molecule has 0 unspecified atom stereocenters. The number of carboxylic acids is 1. The Hall–Kier alpha value is -3.20. The van der Waals surface area contributed by atoms with Crippen molar-refractivity contribution in [2.45, 2.75) is 6.42 Å². The largest absolute Gasteiger partial charge is 0.493 e. The minimum atomic E-state index is -0.984. The number of benzene rings is 2. The highest BCUT2D eigenvalue weighted by Crippen LogP contribution is 2.25. The maximum atomic E-state index is 10.3. The van der Waals surface area contributed by atoms with Gasteiger partial charge in [-0.1, -0.05) is 18.2 Å². The summed E-state index contributed by atoms with van der Waals surface area (Å²) in [5, 5.41) is 9.48. The summed E-state index contributed by atoms with van der Waals surface area (Å²) in [6.45, 7) is 2.34. The van der Waals surface area contributed by atoms with Gasteiger partial charge in [-0.2, -0.15) is 0 Å². The average Bonchev–Trinajstić information content (AvgIpc) is 2.84. The van der Waals surface area contributed by atoms with E-state index in [1.54, 1.807) is 0 Å². The summed E-state index contributed by atoms with van der Waals surface area (Å²) in [6, 6.07) is 18.4. The van der Waals surface area contributed by atoms with Gasteiger partial charge in [0, 0.05) is 43.8 Å². The second-order valence-corrected chi connectivity index (χ2v) is 7.87. The molecule has 0 fully saturated rings. The Bertz CT molecular complexity index is 1040. The fourth-order valence-electron chi connectivity index (χ4n) is 3.23. The van der Waals surface area contributed by atoms with Gasteiger partial charge in [-0.25, -0.2) is 9.78 Å². The SMILES string of the molecule is CN(C)c1ccc(-c2ccc3cc(OCCCOCCOCCOCC(=O)O)ccc3n2)cc1. The van der Waals surface area contributed by atoms with Gasteiger partial charge in [0.25, 0.3) is 0 Å². The van der Waals surface area contributed by atoms with Crippen molar-refractivity contribution >= 4 is 22.6 Å². The lowest BCUT2D eigenvalue weighted by Gasteiger charge is -2.12. The molecule has 0 aliphatic heterocycles. The third-order valence-corrected chi connectivity index (χ3v) is 5.01. The molecule has 2 aromatic carbocycles. The molecule has 3 rings (SSSR count). The number of fused-ring (bicyclic) bond motifs is 1. The molecule has 0 aliphatic carbocycles. The predicted octanol–water partition coefficient (Wildman–Crippen LogP) is 3.87. The van der Waals surface area contributed by atoms with Crippen LogP contribution >= 0.6 is 0 Å². The number of hydrogen-bond donors (Lipinski definition) is 1. The molecule has 0 atom stereocenters. The van der Waals surface area contributed by atoms with Crippen molar-refractivity contribution in [2.75, 3.05) is 65.2 Å². The highest BCUT2D eigenvalue weighted by Gasteiger charge is 2.04. The van der Waals surface area contributed by atoms with Gasteiger partial charge in [0.2, 0.25) is 0 Å². The third kappa shape index (κ3) is 8.30. The summed E-state index contributed by atoms with van der Waals surface area (Å²) < 4.78 is 21.5. The van der Waals surface area contributed by atoms with Crippen LogP contribution in [0.25, 0.3) is 22.2 Å². The van der Waals surface area contributed by atoms with Crippen LogP contribution in [0.15, 0.2) is 54.6 Å². The van der Waals surface area contributed by atoms with Crippen molar-refractivity contribution in [2.24, 2.45) is 0 Å². The zero-order valence-corrected chi connectivity index (χ0v) is 19.7. The van der Waals surface area contributed by atoms with Crippen LogP contribution in [0.1, 0.15) is 6.42 Å². The van der Waals surface area contributed by atoms with Crippen molar-refractivity contribution in [1.82, 2.24) is 4.98 Å². The molecule has 0 bridgehead atoms. The van der Waals surface area contributed by atoms with Crippen LogP contribution in [0.4, 0.5) is 5.69 Å². The summed E-state index contributed by atoms with van der Waals surface area (Å²) in [5.41, 5.74) is 4.12. The van der Waals surface area contributed by atoms with E-state index in [2.05, 4.69) is 35.2 Å². The van der Waals surface area contributed by atoms with Crippen LogP contribution in [0.3, 0.4) is 0 Å². The molecule has 1 N–H and O–H groups in total. The predicted molar refractivity (Wildman–Crippen MR) is 132 cm³/mol. The molecule has 182 valence electrons. The Kier molecular flexibility index (Phi) is 10.1. The van der Waals surface area contributed by atoms with E-state index in [1.807, 2.05) is 38.4 Å². The fourth-order valence-corrected chi connectivity index (χ4v) is 3.23. The molecule has 0 saturated carbocycles. The topological polar surface area (TPSA) is 90.4 Å². The second kappa shape index (κ2) is 13.5. The smallest absolute Gasteiger partial charge is 0.329 e. The number of ether oxygens (including phenoxy) is 4. The summed E-state index contributed by atoms with van der Waals surface area (Å²) in [6.07, 6.45) is 0.764. The van der Waals surface area contributed by atoms with E-state index in [9.17, 15) is 4.79 Å². The molecule has 34 heavy (non-hydrogen) atoms. The standard InChI is InChI=1S/C26H32N2O6/c1-28(2)22-7-4-20(5-8-22)24-10-6-21-18-23(9-11-25(21)27-24)34-13-3-12-31-14-15-32-16-17-33-19-26(29)30/h4-11,18H,3,12-17,19H2,1-2H3,(H,29,30). The Morgan fingerprint density at radius 3 is 2.26 bits per heavy atom. The molecule has 8 nitrogen and oxygen atoms in total. The molecule has 1 aromatic heterocycles. The molecule has 0 aliphatic rings. The fraction of sp³-hybridized carbons (Fsp3) is 0.385. The van der Waals surface area contributed by atoms with Crippen molar-refractivity contribution in [3.05, 3.63) is 54.6 Å². The maximum Gasteiger partial charge on any atom is 0.329 e. The van der Waals surface area contributed by atoms with Crippen LogP contribution < -0.4 is 9.64 Å². The third-order valence-electron chi connectivity index (χ3n) is 5.01. The number of anilines is 1. The van der Waals surface area contributed by atoms with Gasteiger partial charge >= 0.3 is 5.97 Å². The quantitative estimate of drug-likeness (QED) is 0.336. The van der Waals surface area contributed by atoms with Gasteiger partial charge in [-0.3, -0.25) is 0 Å². The molecule has 0 radical (unpaired) electrons. The van der Waals surface area contributed by atoms with E-state index in [4.69, 9.17) is 29.0 Å². The first-order chi connectivity index (χ1) is 16.5. The molecule has 3 aromatic rings. The lowest BCUT2D eigenvalue weighted by atomic mass is 10.1. The zero-order chi connectivity index (χ0) is 24.2. The minimum absolute atomic E-state index is 0.257. The van der Waals surface area contributed by atoms with Crippen LogP contribution in [0, 0.1) is 0 Å². The number of hydrogen-bond acceptors (Lipinski definition) is 7. The van der Waals surface area contributed by atoms with Gasteiger partial charge in [0.05, 0.1) is 44.2 Å². The number of rotatable bonds is 15. The monoisotopic (exact) mass is 468 g/mol. The first kappa shape index (κ1) is 25.4. The summed E-state index contributed by atoms with van der Waals surface area (Å²) in [7, 11) is 4.05. The number of nitrogens with zero attached hydrogens (tertiary/aromatic N) is 2. The molecule has 0 spiro atoms. The number of aliphatic carboxylic acids is 1. The first-order valence-electron chi connectivity index (χ1n) is 11.3. The van der Waals surface area contributed by atoms with Crippen LogP contribution in [-0.2, 0) is 19.0 Å². The van der Waals surface area contributed by atoms with Crippen molar-refractivity contribution in [3.8, 4) is 17.0 Å². The van der Waals surface area contributed by atoms with Crippen molar-refractivity contribution in [1.29, 1.82) is 0 Å². The van der Waals surface area contributed by atoms with Gasteiger partial charge in [0.1, 0.15) is 12.4 Å². The molecule has 0 saturated heterocycles. The summed E-state index contributed by atoms with van der Waals surface area (Å²) >= 11 is 0. The van der Waals surface area contributed by atoms with Gasteiger partial charge in [-0.05, 0) is 36.4 Å². The lowest BCUT2D eigenvalue weighted by Crippen LogP contribution is -2.13. The second-order valence-electron chi connectivity index (χ2n) is 7.87. The Morgan fingerprint density at radius 2 is 1.56 bits per heavy atom. The maximum absolute atomic E-state index is 10.3. The Morgan fingerprint density at radius 1 is 0.853 bits per heavy atom. The highest BCUT2D eigenvalue weighted by atomic mass is 16.5. The van der Waals surface area contributed by atoms with Crippen molar-refractivity contribution < 1.29 is 28.8 Å². The molecule has 1 heterocycles. The summed E-state index contributed by atoms with van der Waals surface area (Å²) in [4.78, 5) is 17.2. The minimum Gasteiger partial charge on any atom is -0.493 e. The highest BCUT2D eigenvalue weighted by molar-refractivity contribution is 5.83. The van der Waals surface area contributed by atoms with Gasteiger partial charge < -0.3 is 29.0 Å². The van der Waals surface area contributed by atoms with Gasteiger partial charge in [-0.15, -0.1) is 0 Å².